The van der Waals surface area contributed by atoms with E-state index in [2.05, 4.69) is 34.1 Å². The Morgan fingerprint density at radius 1 is 1.56 bits per heavy atom. The molecule has 0 saturated carbocycles. The van der Waals surface area contributed by atoms with Crippen LogP contribution in [0.3, 0.4) is 0 Å². The van der Waals surface area contributed by atoms with Crippen LogP contribution < -0.4 is 5.32 Å². The van der Waals surface area contributed by atoms with Crippen LogP contribution in [0.15, 0.2) is 22.7 Å². The Morgan fingerprint density at radius 2 is 2.31 bits per heavy atom. The van der Waals surface area contributed by atoms with Gasteiger partial charge in [-0.25, -0.2) is 4.39 Å². The first-order valence-electron chi connectivity index (χ1n) is 5.30. The quantitative estimate of drug-likeness (QED) is 0.814. The van der Waals surface area contributed by atoms with Crippen LogP contribution >= 0.6 is 15.9 Å². The summed E-state index contributed by atoms with van der Waals surface area (Å²) in [5.74, 6) is 2.38. The lowest BCUT2D eigenvalue weighted by Gasteiger charge is -2.18. The van der Waals surface area contributed by atoms with E-state index >= 15 is 0 Å². The van der Waals surface area contributed by atoms with E-state index in [0.717, 1.165) is 23.0 Å². The molecule has 1 N–H and O–H groups in total. The Labute approximate surface area is 105 Å². The fourth-order valence-corrected chi connectivity index (χ4v) is 2.03. The van der Waals surface area contributed by atoms with Crippen LogP contribution in [0.5, 0.6) is 0 Å². The first kappa shape index (κ1) is 13.2. The number of nitrogens with one attached hydrogen (secondary N) is 1. The molecule has 0 saturated heterocycles. The molecule has 1 aromatic carbocycles. The summed E-state index contributed by atoms with van der Waals surface area (Å²) in [6, 6.07) is 4.67. The van der Waals surface area contributed by atoms with Crippen LogP contribution in [-0.4, -0.2) is 6.54 Å². The monoisotopic (exact) mass is 283 g/mol. The minimum atomic E-state index is -0.237. The van der Waals surface area contributed by atoms with E-state index in [1.807, 2.05) is 0 Å². The summed E-state index contributed by atoms with van der Waals surface area (Å²) in [4.78, 5) is 0. The summed E-state index contributed by atoms with van der Waals surface area (Å²) in [5, 5.41) is 3.32. The number of benzene rings is 1. The van der Waals surface area contributed by atoms with Gasteiger partial charge in [0, 0.05) is 16.9 Å². The summed E-state index contributed by atoms with van der Waals surface area (Å²) in [6.07, 6.45) is 6.91. The molecule has 1 nitrogen and oxygen atoms in total. The van der Waals surface area contributed by atoms with Crippen LogP contribution in [0.4, 0.5) is 4.39 Å². The van der Waals surface area contributed by atoms with Crippen molar-refractivity contribution in [1.29, 1.82) is 0 Å². The lowest BCUT2D eigenvalue weighted by molar-refractivity contribution is 0.535. The summed E-state index contributed by atoms with van der Waals surface area (Å²) < 4.78 is 14.1. The maximum atomic E-state index is 13.2. The molecule has 1 aromatic rings. The molecular weight excluding hydrogens is 269 g/mol. The first-order chi connectivity index (χ1) is 7.69. The highest BCUT2D eigenvalue weighted by atomic mass is 79.9. The van der Waals surface area contributed by atoms with E-state index in [-0.39, 0.29) is 11.9 Å². The molecule has 1 atom stereocenters. The van der Waals surface area contributed by atoms with Crippen molar-refractivity contribution < 1.29 is 4.39 Å². The Morgan fingerprint density at radius 3 is 2.94 bits per heavy atom. The number of rotatable bonds is 5. The second-order valence-electron chi connectivity index (χ2n) is 3.58. The maximum Gasteiger partial charge on any atom is 0.123 e. The second-order valence-corrected chi connectivity index (χ2v) is 4.44. The van der Waals surface area contributed by atoms with Crippen molar-refractivity contribution in [2.45, 2.75) is 25.8 Å². The average Bonchev–Trinajstić information content (AvgIpc) is 2.28. The molecule has 0 aliphatic rings. The topological polar surface area (TPSA) is 12.0 Å². The second kappa shape index (κ2) is 6.67. The average molecular weight is 284 g/mol. The molecule has 0 spiro atoms. The Hall–Kier alpha value is -0.850. The lowest BCUT2D eigenvalue weighted by atomic mass is 10.0. The molecule has 0 aliphatic heterocycles. The molecule has 86 valence electrons. The van der Waals surface area contributed by atoms with Gasteiger partial charge in [0.25, 0.3) is 0 Å². The summed E-state index contributed by atoms with van der Waals surface area (Å²) in [6.45, 7) is 2.95. The summed E-state index contributed by atoms with van der Waals surface area (Å²) in [7, 11) is 0. The van der Waals surface area contributed by atoms with Gasteiger partial charge in [0.2, 0.25) is 0 Å². The molecule has 1 unspecified atom stereocenters. The van der Waals surface area contributed by atoms with Gasteiger partial charge in [-0.05, 0) is 36.7 Å². The highest BCUT2D eigenvalue weighted by molar-refractivity contribution is 9.10. The minimum Gasteiger partial charge on any atom is -0.309 e. The van der Waals surface area contributed by atoms with Crippen molar-refractivity contribution in [3.63, 3.8) is 0 Å². The molecule has 16 heavy (non-hydrogen) atoms. The van der Waals surface area contributed by atoms with Gasteiger partial charge < -0.3 is 5.32 Å². The Kier molecular flexibility index (Phi) is 5.51. The molecule has 0 radical (unpaired) electrons. The minimum absolute atomic E-state index is 0.00928. The number of hydrogen-bond donors (Lipinski definition) is 1. The highest BCUT2D eigenvalue weighted by Crippen LogP contribution is 2.26. The number of terminal acetylenes is 1. The first-order valence-corrected chi connectivity index (χ1v) is 6.10. The molecule has 0 amide bonds. The maximum absolute atomic E-state index is 13.2. The Balaban J connectivity index is 2.91. The molecule has 0 fully saturated rings. The van der Waals surface area contributed by atoms with Gasteiger partial charge in [-0.1, -0.05) is 22.9 Å². The van der Waals surface area contributed by atoms with Gasteiger partial charge in [-0.15, -0.1) is 12.3 Å². The van der Waals surface area contributed by atoms with Gasteiger partial charge in [0.1, 0.15) is 5.82 Å². The van der Waals surface area contributed by atoms with E-state index in [4.69, 9.17) is 6.42 Å². The molecule has 3 heteroatoms. The SMILES string of the molecule is C#CCC(NCCC)c1cc(F)ccc1Br. The molecule has 0 bridgehead atoms. The fourth-order valence-electron chi connectivity index (χ4n) is 1.51. The third-order valence-corrected chi connectivity index (χ3v) is 3.02. The van der Waals surface area contributed by atoms with Gasteiger partial charge in [-0.3, -0.25) is 0 Å². The van der Waals surface area contributed by atoms with Gasteiger partial charge in [0.15, 0.2) is 0 Å². The third kappa shape index (κ3) is 3.62. The van der Waals surface area contributed by atoms with Gasteiger partial charge >= 0.3 is 0 Å². The van der Waals surface area contributed by atoms with Crippen molar-refractivity contribution in [2.75, 3.05) is 6.54 Å². The van der Waals surface area contributed by atoms with E-state index in [9.17, 15) is 4.39 Å². The third-order valence-electron chi connectivity index (χ3n) is 2.30. The van der Waals surface area contributed by atoms with Gasteiger partial charge in [0.05, 0.1) is 0 Å². The molecular formula is C13H15BrFN. The van der Waals surface area contributed by atoms with E-state index < -0.39 is 0 Å². The van der Waals surface area contributed by atoms with Crippen molar-refractivity contribution >= 4 is 15.9 Å². The molecule has 0 aromatic heterocycles. The van der Waals surface area contributed by atoms with E-state index in [1.54, 1.807) is 6.07 Å². The van der Waals surface area contributed by atoms with Crippen molar-refractivity contribution in [3.05, 3.63) is 34.1 Å². The zero-order chi connectivity index (χ0) is 12.0. The molecule has 0 aliphatic carbocycles. The fraction of sp³-hybridized carbons (Fsp3) is 0.385. The predicted molar refractivity (Wildman–Crippen MR) is 68.6 cm³/mol. The largest absolute Gasteiger partial charge is 0.309 e. The Bertz CT molecular complexity index is 384. The highest BCUT2D eigenvalue weighted by Gasteiger charge is 2.13. The van der Waals surface area contributed by atoms with Crippen molar-refractivity contribution in [1.82, 2.24) is 5.32 Å². The number of halogens is 2. The van der Waals surface area contributed by atoms with Crippen LogP contribution in [0.25, 0.3) is 0 Å². The van der Waals surface area contributed by atoms with Crippen molar-refractivity contribution in [3.8, 4) is 12.3 Å². The zero-order valence-electron chi connectivity index (χ0n) is 9.26. The van der Waals surface area contributed by atoms with Crippen molar-refractivity contribution in [2.24, 2.45) is 0 Å². The van der Waals surface area contributed by atoms with Crippen LogP contribution in [-0.2, 0) is 0 Å². The summed E-state index contributed by atoms with van der Waals surface area (Å²) in [5.41, 5.74) is 0.881. The normalized spacial score (nSPS) is 12.1. The predicted octanol–water partition coefficient (Wildman–Crippen LogP) is 3.65. The summed E-state index contributed by atoms with van der Waals surface area (Å²) >= 11 is 3.42. The van der Waals surface area contributed by atoms with Gasteiger partial charge in [-0.2, -0.15) is 0 Å². The smallest absolute Gasteiger partial charge is 0.123 e. The van der Waals surface area contributed by atoms with Crippen LogP contribution in [0.2, 0.25) is 0 Å². The number of hydrogen-bond acceptors (Lipinski definition) is 1. The molecule has 0 heterocycles. The standard InChI is InChI=1S/C13H15BrFN/c1-3-5-13(16-8-4-2)11-9-10(15)6-7-12(11)14/h1,6-7,9,13,16H,4-5,8H2,2H3. The van der Waals surface area contributed by atoms with Crippen LogP contribution in [0, 0.1) is 18.2 Å². The lowest BCUT2D eigenvalue weighted by Crippen LogP contribution is -2.22. The van der Waals surface area contributed by atoms with Crippen LogP contribution in [0.1, 0.15) is 31.4 Å². The van der Waals surface area contributed by atoms with E-state index in [1.165, 1.54) is 12.1 Å². The van der Waals surface area contributed by atoms with E-state index in [0.29, 0.717) is 6.42 Å². The zero-order valence-corrected chi connectivity index (χ0v) is 10.8. The molecule has 1 rings (SSSR count).